The summed E-state index contributed by atoms with van der Waals surface area (Å²) in [6.45, 7) is 0. The zero-order chi connectivity index (χ0) is 11.7. The normalized spacial score (nSPS) is 10.6. The molecule has 6 heteroatoms. The molecule has 0 fully saturated rings. The van der Waals surface area contributed by atoms with E-state index in [1.165, 1.54) is 12.3 Å². The van der Waals surface area contributed by atoms with Crippen LogP contribution in [0.25, 0.3) is 11.0 Å². The van der Waals surface area contributed by atoms with Crippen LogP contribution in [0.4, 0.5) is 5.95 Å². The molecule has 3 rings (SSSR count). The van der Waals surface area contributed by atoms with Gasteiger partial charge in [0.15, 0.2) is 0 Å². The number of amides is 1. The van der Waals surface area contributed by atoms with E-state index in [-0.39, 0.29) is 11.7 Å². The molecule has 2 heterocycles. The summed E-state index contributed by atoms with van der Waals surface area (Å²) in [4.78, 5) is 18.8. The molecule has 0 aliphatic carbocycles. The number of hydrogen-bond donors (Lipinski definition) is 2. The SMILES string of the molecule is O=C(Nc1nc2ccccc2[nH]1)c1ccno1. The third kappa shape index (κ3) is 1.76. The Morgan fingerprint density at radius 3 is 2.94 bits per heavy atom. The molecule has 0 bridgehead atoms. The van der Waals surface area contributed by atoms with Gasteiger partial charge in [-0.3, -0.25) is 10.1 Å². The van der Waals surface area contributed by atoms with Gasteiger partial charge in [-0.15, -0.1) is 0 Å². The van der Waals surface area contributed by atoms with E-state index < -0.39 is 0 Å². The highest BCUT2D eigenvalue weighted by molar-refractivity contribution is 6.01. The smallest absolute Gasteiger partial charge is 0.296 e. The number of fused-ring (bicyclic) bond motifs is 1. The predicted molar refractivity (Wildman–Crippen MR) is 60.5 cm³/mol. The fourth-order valence-corrected chi connectivity index (χ4v) is 1.51. The van der Waals surface area contributed by atoms with E-state index in [2.05, 4.69) is 20.4 Å². The standard InChI is InChI=1S/C11H8N4O2/c16-10(9-5-6-12-17-9)15-11-13-7-3-1-2-4-8(7)14-11/h1-6H,(H2,13,14,15,16). The van der Waals surface area contributed by atoms with Crippen molar-refractivity contribution in [2.24, 2.45) is 0 Å². The second kappa shape index (κ2) is 3.75. The van der Waals surface area contributed by atoms with Gasteiger partial charge in [-0.05, 0) is 12.1 Å². The first-order valence-electron chi connectivity index (χ1n) is 5.00. The number of benzene rings is 1. The third-order valence-electron chi connectivity index (χ3n) is 2.28. The number of H-pyrrole nitrogens is 1. The van der Waals surface area contributed by atoms with E-state index in [1.807, 2.05) is 24.3 Å². The molecule has 3 aromatic rings. The Balaban J connectivity index is 1.88. The van der Waals surface area contributed by atoms with Crippen molar-refractivity contribution in [3.63, 3.8) is 0 Å². The van der Waals surface area contributed by atoms with Crippen LogP contribution >= 0.6 is 0 Å². The van der Waals surface area contributed by atoms with Gasteiger partial charge in [0, 0.05) is 6.07 Å². The average Bonchev–Trinajstić information content (AvgIpc) is 2.97. The fraction of sp³-hybridized carbons (Fsp3) is 0. The molecule has 1 aromatic carbocycles. The monoisotopic (exact) mass is 228 g/mol. The Labute approximate surface area is 95.6 Å². The Morgan fingerprint density at radius 1 is 1.29 bits per heavy atom. The van der Waals surface area contributed by atoms with E-state index in [0.29, 0.717) is 5.95 Å². The van der Waals surface area contributed by atoms with Gasteiger partial charge < -0.3 is 9.51 Å². The predicted octanol–water partition coefficient (Wildman–Crippen LogP) is 1.80. The molecule has 0 saturated carbocycles. The first-order valence-corrected chi connectivity index (χ1v) is 5.00. The molecule has 0 aliphatic rings. The number of carbonyl (C=O) groups excluding carboxylic acids is 1. The molecule has 0 radical (unpaired) electrons. The number of imidazole rings is 1. The van der Waals surface area contributed by atoms with Crippen molar-refractivity contribution in [3.05, 3.63) is 42.3 Å². The summed E-state index contributed by atoms with van der Waals surface area (Å²) in [5.74, 6) is 0.139. The highest BCUT2D eigenvalue weighted by atomic mass is 16.5. The number of aromatic amines is 1. The molecule has 2 N–H and O–H groups in total. The number of nitrogens with one attached hydrogen (secondary N) is 2. The van der Waals surface area contributed by atoms with E-state index in [0.717, 1.165) is 11.0 Å². The lowest BCUT2D eigenvalue weighted by Crippen LogP contribution is -2.11. The number of carbonyl (C=O) groups is 1. The molecular weight excluding hydrogens is 220 g/mol. The van der Waals surface area contributed by atoms with Gasteiger partial charge in [-0.1, -0.05) is 17.3 Å². The van der Waals surface area contributed by atoms with Gasteiger partial charge in [0.25, 0.3) is 5.91 Å². The first kappa shape index (κ1) is 9.59. The average molecular weight is 228 g/mol. The molecule has 2 aromatic heterocycles. The molecule has 0 saturated heterocycles. The lowest BCUT2D eigenvalue weighted by molar-refractivity contribution is 0.0987. The van der Waals surface area contributed by atoms with Gasteiger partial charge in [0.1, 0.15) is 0 Å². The van der Waals surface area contributed by atoms with Gasteiger partial charge >= 0.3 is 0 Å². The molecule has 0 unspecified atom stereocenters. The maximum Gasteiger partial charge on any atom is 0.296 e. The Kier molecular flexibility index (Phi) is 2.11. The van der Waals surface area contributed by atoms with Crippen LogP contribution in [-0.2, 0) is 0 Å². The summed E-state index contributed by atoms with van der Waals surface area (Å²) in [6, 6.07) is 8.99. The molecular formula is C11H8N4O2. The molecule has 6 nitrogen and oxygen atoms in total. The Hall–Kier alpha value is -2.63. The van der Waals surface area contributed by atoms with Crippen molar-refractivity contribution in [2.75, 3.05) is 5.32 Å². The highest BCUT2D eigenvalue weighted by Gasteiger charge is 2.11. The van der Waals surface area contributed by atoms with Gasteiger partial charge in [-0.25, -0.2) is 4.98 Å². The maximum atomic E-state index is 11.6. The molecule has 84 valence electrons. The van der Waals surface area contributed by atoms with Crippen LogP contribution in [0.3, 0.4) is 0 Å². The van der Waals surface area contributed by atoms with Gasteiger partial charge in [0.2, 0.25) is 11.7 Å². The molecule has 0 atom stereocenters. The molecule has 17 heavy (non-hydrogen) atoms. The minimum Gasteiger partial charge on any atom is -0.351 e. The van der Waals surface area contributed by atoms with Crippen molar-refractivity contribution in [2.45, 2.75) is 0 Å². The number of aromatic nitrogens is 3. The Bertz CT molecular complexity index is 624. The summed E-state index contributed by atoms with van der Waals surface area (Å²) in [5.41, 5.74) is 1.65. The zero-order valence-corrected chi connectivity index (χ0v) is 8.68. The Morgan fingerprint density at radius 2 is 2.18 bits per heavy atom. The number of anilines is 1. The highest BCUT2D eigenvalue weighted by Crippen LogP contribution is 2.13. The third-order valence-corrected chi connectivity index (χ3v) is 2.28. The van der Waals surface area contributed by atoms with Gasteiger partial charge in [-0.2, -0.15) is 0 Å². The number of rotatable bonds is 2. The van der Waals surface area contributed by atoms with Crippen LogP contribution in [-0.4, -0.2) is 21.0 Å². The molecule has 0 aliphatic heterocycles. The summed E-state index contributed by atoms with van der Waals surface area (Å²) < 4.78 is 4.74. The van der Waals surface area contributed by atoms with Crippen LogP contribution in [0.15, 0.2) is 41.1 Å². The van der Waals surface area contributed by atoms with Crippen LogP contribution in [0.5, 0.6) is 0 Å². The topological polar surface area (TPSA) is 83.8 Å². The van der Waals surface area contributed by atoms with E-state index in [1.54, 1.807) is 0 Å². The van der Waals surface area contributed by atoms with Crippen LogP contribution < -0.4 is 5.32 Å². The van der Waals surface area contributed by atoms with Crippen LogP contribution in [0.1, 0.15) is 10.6 Å². The van der Waals surface area contributed by atoms with E-state index >= 15 is 0 Å². The fourth-order valence-electron chi connectivity index (χ4n) is 1.51. The van der Waals surface area contributed by atoms with Crippen molar-refractivity contribution >= 4 is 22.9 Å². The van der Waals surface area contributed by atoms with Crippen molar-refractivity contribution in [3.8, 4) is 0 Å². The molecule has 0 spiro atoms. The lowest BCUT2D eigenvalue weighted by Gasteiger charge is -1.95. The maximum absolute atomic E-state index is 11.6. The summed E-state index contributed by atoms with van der Waals surface area (Å²) in [6.07, 6.45) is 1.41. The van der Waals surface area contributed by atoms with E-state index in [9.17, 15) is 4.79 Å². The minimum atomic E-state index is -0.387. The zero-order valence-electron chi connectivity index (χ0n) is 8.68. The van der Waals surface area contributed by atoms with Gasteiger partial charge in [0.05, 0.1) is 17.2 Å². The second-order valence-corrected chi connectivity index (χ2v) is 3.43. The van der Waals surface area contributed by atoms with Crippen LogP contribution in [0, 0.1) is 0 Å². The largest absolute Gasteiger partial charge is 0.351 e. The van der Waals surface area contributed by atoms with Crippen molar-refractivity contribution < 1.29 is 9.32 Å². The number of para-hydroxylation sites is 2. The quantitative estimate of drug-likeness (QED) is 0.700. The number of nitrogens with zero attached hydrogens (tertiary/aromatic N) is 2. The lowest BCUT2D eigenvalue weighted by atomic mass is 10.3. The molecule has 1 amide bonds. The van der Waals surface area contributed by atoms with Crippen molar-refractivity contribution in [1.82, 2.24) is 15.1 Å². The number of hydrogen-bond acceptors (Lipinski definition) is 4. The van der Waals surface area contributed by atoms with Crippen molar-refractivity contribution in [1.29, 1.82) is 0 Å². The first-order chi connectivity index (χ1) is 8.33. The minimum absolute atomic E-state index is 0.144. The van der Waals surface area contributed by atoms with Crippen LogP contribution in [0.2, 0.25) is 0 Å². The summed E-state index contributed by atoms with van der Waals surface area (Å²) >= 11 is 0. The second-order valence-electron chi connectivity index (χ2n) is 3.43. The summed E-state index contributed by atoms with van der Waals surface area (Å²) in [5, 5.41) is 6.06. The van der Waals surface area contributed by atoms with E-state index in [4.69, 9.17) is 4.52 Å². The summed E-state index contributed by atoms with van der Waals surface area (Å²) in [7, 11) is 0.